The van der Waals surface area contributed by atoms with E-state index in [1.807, 2.05) is 35.2 Å². The quantitative estimate of drug-likeness (QED) is 0.401. The molecule has 2 fully saturated rings. The van der Waals surface area contributed by atoms with Crippen LogP contribution in [0.4, 0.5) is 0 Å². The molecular formula is C26H30Cl2N2O2S. The molecule has 1 N–H and O–H groups in total. The Morgan fingerprint density at radius 3 is 2.55 bits per heavy atom. The molecule has 4 rings (SSSR count). The van der Waals surface area contributed by atoms with Gasteiger partial charge in [0.1, 0.15) is 6.04 Å². The lowest BCUT2D eigenvalue weighted by molar-refractivity contribution is -0.131. The Hall–Kier alpha value is -1.69. The second-order valence-corrected chi connectivity index (χ2v) is 10.9. The van der Waals surface area contributed by atoms with E-state index >= 15 is 0 Å². The number of carbonyl (C=O) groups is 2. The molecule has 2 aliphatic rings. The molecule has 1 saturated carbocycles. The zero-order valence-corrected chi connectivity index (χ0v) is 21.0. The van der Waals surface area contributed by atoms with Crippen molar-refractivity contribution in [3.8, 4) is 0 Å². The molecule has 2 amide bonds. The van der Waals surface area contributed by atoms with E-state index in [1.54, 1.807) is 23.9 Å². The molecule has 2 aromatic rings. The third-order valence-electron chi connectivity index (χ3n) is 6.50. The third kappa shape index (κ3) is 6.68. The summed E-state index contributed by atoms with van der Waals surface area (Å²) in [6, 6.07) is 14.6. The normalized spacial score (nSPS) is 20.5. The highest BCUT2D eigenvalue weighted by molar-refractivity contribution is 7.99. The molecule has 1 aliphatic carbocycles. The molecule has 0 aromatic heterocycles. The summed E-state index contributed by atoms with van der Waals surface area (Å²) in [7, 11) is 0. The van der Waals surface area contributed by atoms with Crippen molar-refractivity contribution in [1.82, 2.24) is 10.2 Å². The second-order valence-electron chi connectivity index (χ2n) is 8.92. The number of halogens is 2. The highest BCUT2D eigenvalue weighted by atomic mass is 35.5. The Kier molecular flexibility index (Phi) is 8.61. The Labute approximate surface area is 210 Å². The minimum atomic E-state index is -0.481. The molecule has 4 nitrogen and oxygen atoms in total. The number of nitrogens with zero attached hydrogens (tertiary/aromatic N) is 1. The van der Waals surface area contributed by atoms with Crippen molar-refractivity contribution in [3.05, 3.63) is 69.7 Å². The topological polar surface area (TPSA) is 49.4 Å². The van der Waals surface area contributed by atoms with Gasteiger partial charge in [-0.2, -0.15) is 11.8 Å². The number of carbonyl (C=O) groups excluding carboxylic acids is 2. The first kappa shape index (κ1) is 24.4. The van der Waals surface area contributed by atoms with E-state index in [9.17, 15) is 9.59 Å². The van der Waals surface area contributed by atoms with Gasteiger partial charge in [0.25, 0.3) is 5.91 Å². The number of amides is 2. The molecule has 3 atom stereocenters. The van der Waals surface area contributed by atoms with Gasteiger partial charge in [0.15, 0.2) is 0 Å². The lowest BCUT2D eigenvalue weighted by Crippen LogP contribution is -2.49. The van der Waals surface area contributed by atoms with Crippen molar-refractivity contribution >= 4 is 46.8 Å². The number of benzene rings is 2. The summed E-state index contributed by atoms with van der Waals surface area (Å²) in [5.74, 6) is 2.73. The molecule has 0 bridgehead atoms. The standard InChI is InChI=1S/C26H30Cl2N2O2S/c27-22-11-10-20(16-23(22)28)21-15-19(21)9-6-14-33-17-24(26(32)30-12-4-5-13-30)29-25(31)18-7-2-1-3-8-18/h1-3,7-8,10-11,16,19,21,24H,4-6,9,12-15,17H2,(H,29,31)/t19?,21-,24+/m1/s1. The van der Waals surface area contributed by atoms with Gasteiger partial charge in [0.05, 0.1) is 10.0 Å². The third-order valence-corrected chi connectivity index (χ3v) is 8.39. The van der Waals surface area contributed by atoms with Crippen LogP contribution in [0.2, 0.25) is 10.0 Å². The molecule has 0 radical (unpaired) electrons. The fourth-order valence-electron chi connectivity index (χ4n) is 4.53. The van der Waals surface area contributed by atoms with Gasteiger partial charge in [-0.25, -0.2) is 0 Å². The average Bonchev–Trinajstić information content (AvgIpc) is 3.38. The van der Waals surface area contributed by atoms with E-state index < -0.39 is 6.04 Å². The summed E-state index contributed by atoms with van der Waals surface area (Å²) in [4.78, 5) is 27.6. The van der Waals surface area contributed by atoms with E-state index in [4.69, 9.17) is 23.2 Å². The number of hydrogen-bond acceptors (Lipinski definition) is 3. The molecule has 1 heterocycles. The smallest absolute Gasteiger partial charge is 0.251 e. The zero-order chi connectivity index (χ0) is 23.2. The summed E-state index contributed by atoms with van der Waals surface area (Å²) in [6.45, 7) is 1.58. The van der Waals surface area contributed by atoms with Crippen LogP contribution in [0.3, 0.4) is 0 Å². The van der Waals surface area contributed by atoms with Gasteiger partial charge in [0.2, 0.25) is 5.91 Å². The first-order valence-corrected chi connectivity index (χ1v) is 13.6. The van der Waals surface area contributed by atoms with Gasteiger partial charge >= 0.3 is 0 Å². The number of thioether (sulfide) groups is 1. The van der Waals surface area contributed by atoms with Gasteiger partial charge in [-0.3, -0.25) is 9.59 Å². The van der Waals surface area contributed by atoms with Crippen molar-refractivity contribution in [1.29, 1.82) is 0 Å². The first-order chi connectivity index (χ1) is 16.0. The van der Waals surface area contributed by atoms with Crippen molar-refractivity contribution in [3.63, 3.8) is 0 Å². The van der Waals surface area contributed by atoms with Crippen molar-refractivity contribution in [2.75, 3.05) is 24.6 Å². The van der Waals surface area contributed by atoms with Crippen LogP contribution in [0.15, 0.2) is 48.5 Å². The van der Waals surface area contributed by atoms with Gasteiger partial charge in [0, 0.05) is 24.4 Å². The average molecular weight is 506 g/mol. The maximum absolute atomic E-state index is 13.0. The lowest BCUT2D eigenvalue weighted by atomic mass is 10.1. The minimum Gasteiger partial charge on any atom is -0.341 e. The second kappa shape index (κ2) is 11.6. The SMILES string of the molecule is O=C(N[C@@H](CSCCCC1C[C@H]1c1ccc(Cl)c(Cl)c1)C(=O)N1CCCC1)c1ccccc1. The number of likely N-dealkylation sites (tertiary alicyclic amines) is 1. The summed E-state index contributed by atoms with van der Waals surface area (Å²) in [6.07, 6.45) is 5.55. The van der Waals surface area contributed by atoms with Crippen LogP contribution in [-0.4, -0.2) is 47.4 Å². The molecule has 176 valence electrons. The Bertz CT molecular complexity index is 966. The number of rotatable bonds is 10. The molecule has 1 aliphatic heterocycles. The van der Waals surface area contributed by atoms with Crippen molar-refractivity contribution in [2.45, 2.75) is 44.1 Å². The Balaban J connectivity index is 1.23. The van der Waals surface area contributed by atoms with Crippen LogP contribution in [0, 0.1) is 5.92 Å². The van der Waals surface area contributed by atoms with E-state index in [0.717, 1.165) is 38.1 Å². The highest BCUT2D eigenvalue weighted by Crippen LogP contribution is 2.51. The number of hydrogen-bond donors (Lipinski definition) is 1. The fourth-order valence-corrected chi connectivity index (χ4v) is 5.84. The van der Waals surface area contributed by atoms with Crippen molar-refractivity contribution < 1.29 is 9.59 Å². The molecule has 2 aromatic carbocycles. The van der Waals surface area contributed by atoms with Crippen molar-refractivity contribution in [2.24, 2.45) is 5.92 Å². The lowest BCUT2D eigenvalue weighted by Gasteiger charge is -2.24. The maximum atomic E-state index is 13.0. The maximum Gasteiger partial charge on any atom is 0.251 e. The summed E-state index contributed by atoms with van der Waals surface area (Å²) >= 11 is 13.9. The molecule has 7 heteroatoms. The van der Waals surface area contributed by atoms with E-state index in [2.05, 4.69) is 11.4 Å². The minimum absolute atomic E-state index is 0.0474. The molecule has 33 heavy (non-hydrogen) atoms. The molecule has 1 unspecified atom stereocenters. The fraction of sp³-hybridized carbons (Fsp3) is 0.462. The largest absolute Gasteiger partial charge is 0.341 e. The molecular weight excluding hydrogens is 475 g/mol. The van der Waals surface area contributed by atoms with Crippen LogP contribution in [0.25, 0.3) is 0 Å². The predicted octanol–water partition coefficient (Wildman–Crippen LogP) is 6.03. The first-order valence-electron chi connectivity index (χ1n) is 11.7. The van der Waals surface area contributed by atoms with E-state index in [-0.39, 0.29) is 11.8 Å². The van der Waals surface area contributed by atoms with Gasteiger partial charge in [-0.1, -0.05) is 47.5 Å². The Morgan fingerprint density at radius 1 is 1.06 bits per heavy atom. The van der Waals surface area contributed by atoms with E-state index in [1.165, 1.54) is 18.4 Å². The van der Waals surface area contributed by atoms with Crippen LogP contribution in [-0.2, 0) is 4.79 Å². The van der Waals surface area contributed by atoms with Crippen LogP contribution in [0.5, 0.6) is 0 Å². The van der Waals surface area contributed by atoms with E-state index in [0.29, 0.717) is 33.2 Å². The summed E-state index contributed by atoms with van der Waals surface area (Å²) < 4.78 is 0. The Morgan fingerprint density at radius 2 is 1.82 bits per heavy atom. The van der Waals surface area contributed by atoms with Crippen LogP contribution in [0.1, 0.15) is 53.9 Å². The van der Waals surface area contributed by atoms with Gasteiger partial charge < -0.3 is 10.2 Å². The monoisotopic (exact) mass is 504 g/mol. The summed E-state index contributed by atoms with van der Waals surface area (Å²) in [5.41, 5.74) is 1.87. The van der Waals surface area contributed by atoms with Crippen LogP contribution < -0.4 is 5.32 Å². The molecule has 1 saturated heterocycles. The highest BCUT2D eigenvalue weighted by Gasteiger charge is 2.37. The van der Waals surface area contributed by atoms with Gasteiger partial charge in [-0.05, 0) is 79.5 Å². The molecule has 0 spiro atoms. The van der Waals surface area contributed by atoms with Crippen LogP contribution >= 0.6 is 35.0 Å². The zero-order valence-electron chi connectivity index (χ0n) is 18.6. The summed E-state index contributed by atoms with van der Waals surface area (Å²) in [5, 5.41) is 4.22. The predicted molar refractivity (Wildman–Crippen MR) is 137 cm³/mol. The van der Waals surface area contributed by atoms with Gasteiger partial charge in [-0.15, -0.1) is 0 Å². The number of nitrogens with one attached hydrogen (secondary N) is 1.